The highest BCUT2D eigenvalue weighted by molar-refractivity contribution is 7.57. The van der Waals surface area contributed by atoms with Gasteiger partial charge in [-0.25, -0.2) is 9.88 Å². The molecule has 4 N–H and O–H groups in total. The molecule has 1 aliphatic rings. The highest BCUT2D eigenvalue weighted by atomic mass is 31.2. The summed E-state index contributed by atoms with van der Waals surface area (Å²) < 4.78 is 75.7. The first-order valence-corrected chi connectivity index (χ1v) is 32.2. The molecule has 0 fully saturated rings. The lowest BCUT2D eigenvalue weighted by molar-refractivity contribution is -0.146. The average molecular weight is 1280 g/mol. The fraction of sp³-hybridized carbons (Fsp3) is 0.547. The molecule has 498 valence electrons. The first-order valence-electron chi connectivity index (χ1n) is 30.4. The quantitative estimate of drug-likeness (QED) is 0.0114. The van der Waals surface area contributed by atoms with E-state index in [1.54, 1.807) is 76.4 Å². The molecule has 0 aromatic heterocycles. The van der Waals surface area contributed by atoms with E-state index in [1.165, 1.54) is 24.0 Å². The molecule has 25 nitrogen and oxygen atoms in total. The standard InChI is InChI=1S/C64H93N6O19P/c1-49(2)60(67-57(71)22-14-9-15-29-70-58(72)27-28-59(70)73)62(75)65-51(4)61(74)66-55-25-23-54(24-26-55)47-88-64(77)69(30-31-80-34-35-82-38-39-84-42-43-85-41-40-83-37-36-81-33-32-79-6)48-86-45-50(3)17-16-44-90(78,89-56-20-12-8-13-21-56)68-52(5)63(76)87-46-53-18-10-7-11-19-53/h7-8,10-13,17-21,23-28,49,51-52,60H,9,14-16,22,29-48H2,1-6H3,(H,65,75)(H,66,74)(H,67,71)(H,68,78)/b50-17+/t51-,52-,60-,90?/m0/s1. The zero-order valence-corrected chi connectivity index (χ0v) is 53.8. The number of anilines is 1. The highest BCUT2D eigenvalue weighted by Crippen LogP contribution is 2.44. The number of unbranched alkanes of at least 4 members (excludes halogenated alkanes) is 2. The SMILES string of the molecule is COCCOCCOCCOCCOCCOCCOCCN(COC/C(C)=C/CCP(=O)(N[C@@H](C)C(=O)OCc1ccccc1)Oc1ccccc1)C(=O)OCc1ccc(NC(=O)[C@H](C)NC(=O)[C@@H](NC(=O)CCCCCN2C(=O)C=CC2=O)C(C)C)cc1. The van der Waals surface area contributed by atoms with E-state index in [2.05, 4.69) is 21.0 Å². The number of hydrogen-bond acceptors (Lipinski definition) is 19. The third-order valence-corrected chi connectivity index (χ3v) is 15.4. The smallest absolute Gasteiger partial charge is 0.412 e. The number of benzene rings is 3. The number of nitrogens with one attached hydrogen (secondary N) is 4. The number of carbonyl (C=O) groups is 7. The lowest BCUT2D eigenvalue weighted by atomic mass is 10.0. The van der Waals surface area contributed by atoms with Crippen molar-refractivity contribution in [3.63, 3.8) is 0 Å². The molecule has 90 heavy (non-hydrogen) atoms. The molecule has 3 aromatic rings. The van der Waals surface area contributed by atoms with Crippen LogP contribution < -0.4 is 25.6 Å². The van der Waals surface area contributed by atoms with Gasteiger partial charge in [-0.05, 0) is 81.3 Å². The zero-order valence-electron chi connectivity index (χ0n) is 52.9. The van der Waals surface area contributed by atoms with E-state index in [9.17, 15) is 38.1 Å². The largest absolute Gasteiger partial charge is 0.460 e. The Kier molecular flexibility index (Phi) is 37.4. The van der Waals surface area contributed by atoms with Crippen molar-refractivity contribution in [2.75, 3.05) is 131 Å². The second-order valence-electron chi connectivity index (χ2n) is 21.2. The van der Waals surface area contributed by atoms with E-state index in [0.717, 1.165) is 16.0 Å². The van der Waals surface area contributed by atoms with Crippen LogP contribution in [-0.4, -0.2) is 195 Å². The van der Waals surface area contributed by atoms with Crippen LogP contribution in [-0.2, 0) is 93.9 Å². The Morgan fingerprint density at radius 2 is 1.16 bits per heavy atom. The van der Waals surface area contributed by atoms with Crippen LogP contribution in [0.2, 0.25) is 0 Å². The minimum atomic E-state index is -3.67. The minimum absolute atomic E-state index is 0.0349. The summed E-state index contributed by atoms with van der Waals surface area (Å²) in [6, 6.07) is 21.7. The zero-order chi connectivity index (χ0) is 65.2. The molecule has 0 bridgehead atoms. The van der Waals surface area contributed by atoms with Crippen molar-refractivity contribution >= 4 is 54.8 Å². The molecular formula is C64H93N6O19P. The molecule has 4 atom stereocenters. The van der Waals surface area contributed by atoms with Crippen molar-refractivity contribution in [3.05, 3.63) is 120 Å². The number of nitrogens with zero attached hydrogens (tertiary/aromatic N) is 2. The number of allylic oxidation sites excluding steroid dienone is 1. The van der Waals surface area contributed by atoms with E-state index in [-0.39, 0.29) is 95.7 Å². The van der Waals surface area contributed by atoms with Crippen LogP contribution in [0.4, 0.5) is 10.5 Å². The predicted molar refractivity (Wildman–Crippen MR) is 335 cm³/mol. The summed E-state index contributed by atoms with van der Waals surface area (Å²) in [4.78, 5) is 92.0. The van der Waals surface area contributed by atoms with Gasteiger partial charge in [0.1, 0.15) is 43.8 Å². The summed E-state index contributed by atoms with van der Waals surface area (Å²) in [7, 11) is -2.05. The summed E-state index contributed by atoms with van der Waals surface area (Å²) in [5, 5.41) is 11.1. The van der Waals surface area contributed by atoms with Crippen molar-refractivity contribution in [2.24, 2.45) is 5.92 Å². The second kappa shape index (κ2) is 44.5. The molecular weight excluding hydrogens is 1190 g/mol. The molecule has 1 unspecified atom stereocenters. The van der Waals surface area contributed by atoms with Crippen molar-refractivity contribution < 1.29 is 90.0 Å². The van der Waals surface area contributed by atoms with Crippen LogP contribution in [0.15, 0.2) is 109 Å². The van der Waals surface area contributed by atoms with E-state index < -0.39 is 49.5 Å². The van der Waals surface area contributed by atoms with Gasteiger partial charge in [-0.3, -0.25) is 43.1 Å². The molecule has 1 aliphatic heterocycles. The van der Waals surface area contributed by atoms with Gasteiger partial charge in [0.15, 0.2) is 0 Å². The number of rotatable bonds is 49. The molecule has 4 rings (SSSR count). The Bertz CT molecular complexity index is 2690. The maximum Gasteiger partial charge on any atom is 0.412 e. The minimum Gasteiger partial charge on any atom is -0.460 e. The number of hydrogen-bond donors (Lipinski definition) is 4. The topological polar surface area (TPSA) is 293 Å². The number of para-hydroxylation sites is 1. The highest BCUT2D eigenvalue weighted by Gasteiger charge is 2.31. The van der Waals surface area contributed by atoms with Crippen LogP contribution in [0.5, 0.6) is 5.75 Å². The second-order valence-corrected chi connectivity index (χ2v) is 23.5. The first-order chi connectivity index (χ1) is 43.5. The van der Waals surface area contributed by atoms with Gasteiger partial charge in [-0.2, -0.15) is 0 Å². The maximum absolute atomic E-state index is 14.3. The molecule has 26 heteroatoms. The van der Waals surface area contributed by atoms with Gasteiger partial charge in [-0.1, -0.05) is 92.6 Å². The van der Waals surface area contributed by atoms with Gasteiger partial charge >= 0.3 is 19.6 Å². The van der Waals surface area contributed by atoms with E-state index >= 15 is 0 Å². The molecule has 0 radical (unpaired) electrons. The van der Waals surface area contributed by atoms with Crippen LogP contribution in [0.1, 0.15) is 77.8 Å². The number of amides is 6. The normalized spacial score (nSPS) is 14.0. The van der Waals surface area contributed by atoms with Crippen LogP contribution in [0.3, 0.4) is 0 Å². The fourth-order valence-corrected chi connectivity index (χ4v) is 10.2. The van der Waals surface area contributed by atoms with Gasteiger partial charge in [0.05, 0.1) is 98.7 Å². The Labute approximate surface area is 528 Å². The summed E-state index contributed by atoms with van der Waals surface area (Å²) in [6.07, 6.45) is 5.72. The lowest BCUT2D eigenvalue weighted by Crippen LogP contribution is -2.53. The van der Waals surface area contributed by atoms with E-state index in [4.69, 9.17) is 51.9 Å². The van der Waals surface area contributed by atoms with Crippen molar-refractivity contribution in [1.29, 1.82) is 0 Å². The molecule has 6 amide bonds. The monoisotopic (exact) mass is 1280 g/mol. The Hall–Kier alpha value is -6.90. The molecule has 3 aromatic carbocycles. The molecule has 1 heterocycles. The fourth-order valence-electron chi connectivity index (χ4n) is 8.28. The van der Waals surface area contributed by atoms with Gasteiger partial charge in [0.25, 0.3) is 11.8 Å². The summed E-state index contributed by atoms with van der Waals surface area (Å²) in [6.45, 7) is 13.9. The van der Waals surface area contributed by atoms with Crippen LogP contribution in [0.25, 0.3) is 0 Å². The Morgan fingerprint density at radius 3 is 1.73 bits per heavy atom. The maximum atomic E-state index is 14.3. The molecule has 0 saturated heterocycles. The van der Waals surface area contributed by atoms with E-state index in [0.29, 0.717) is 109 Å². The lowest BCUT2D eigenvalue weighted by Gasteiger charge is -2.24. The predicted octanol–water partition coefficient (Wildman–Crippen LogP) is 6.74. The summed E-state index contributed by atoms with van der Waals surface area (Å²) >= 11 is 0. The number of esters is 1. The van der Waals surface area contributed by atoms with Gasteiger partial charge in [0.2, 0.25) is 17.7 Å². The van der Waals surface area contributed by atoms with Crippen molar-refractivity contribution in [1.82, 2.24) is 25.5 Å². The third kappa shape index (κ3) is 32.2. The Balaban J connectivity index is 1.24. The van der Waals surface area contributed by atoms with E-state index in [1.807, 2.05) is 49.4 Å². The van der Waals surface area contributed by atoms with Gasteiger partial charge in [0, 0.05) is 44.5 Å². The first kappa shape index (κ1) is 75.6. The van der Waals surface area contributed by atoms with Crippen molar-refractivity contribution in [3.8, 4) is 5.75 Å². The van der Waals surface area contributed by atoms with Crippen LogP contribution >= 0.6 is 7.52 Å². The van der Waals surface area contributed by atoms with Gasteiger partial charge in [-0.15, -0.1) is 0 Å². The summed E-state index contributed by atoms with van der Waals surface area (Å²) in [5.74, 6) is -2.57. The number of carbonyl (C=O) groups excluding carboxylic acids is 7. The molecule has 0 saturated carbocycles. The Morgan fingerprint density at radius 1 is 0.611 bits per heavy atom. The number of imide groups is 1. The number of ether oxygens (including phenoxy) is 10. The average Bonchev–Trinajstić information content (AvgIpc) is 3.96. The molecule has 0 aliphatic carbocycles. The van der Waals surface area contributed by atoms with Crippen LogP contribution in [0, 0.1) is 5.92 Å². The van der Waals surface area contributed by atoms with Gasteiger partial charge < -0.3 is 67.8 Å². The number of methoxy groups -OCH3 is 1. The third-order valence-electron chi connectivity index (χ3n) is 13.3. The van der Waals surface area contributed by atoms with Crippen molar-refractivity contribution in [2.45, 2.75) is 98.1 Å². The summed E-state index contributed by atoms with van der Waals surface area (Å²) in [5.41, 5.74) is 2.62. The molecule has 0 spiro atoms.